The first-order valence-electron chi connectivity index (χ1n) is 5.69. The molecular formula is C13H19FN2O. The first-order valence-corrected chi connectivity index (χ1v) is 5.69. The van der Waals surface area contributed by atoms with Crippen LogP contribution in [0.2, 0.25) is 0 Å². The van der Waals surface area contributed by atoms with E-state index >= 15 is 0 Å². The van der Waals surface area contributed by atoms with E-state index in [4.69, 9.17) is 5.73 Å². The van der Waals surface area contributed by atoms with E-state index in [-0.39, 0.29) is 23.7 Å². The van der Waals surface area contributed by atoms with Gasteiger partial charge in [0.1, 0.15) is 5.82 Å². The quantitative estimate of drug-likeness (QED) is 0.873. The number of carbonyl (C=O) groups is 1. The lowest BCUT2D eigenvalue weighted by molar-refractivity contribution is -0.118. The highest BCUT2D eigenvalue weighted by atomic mass is 19.1. The fourth-order valence-corrected chi connectivity index (χ4v) is 1.38. The lowest BCUT2D eigenvalue weighted by Crippen LogP contribution is -2.36. The standard InChI is InChI=1S/C13H19FN2O/c1-9(2)12(15)8-13(17)16(3)11-6-4-10(14)5-7-11/h4-7,9,12H,8,15H2,1-3H3. The van der Waals surface area contributed by atoms with Crippen LogP contribution in [0.3, 0.4) is 0 Å². The molecule has 0 aromatic heterocycles. The van der Waals surface area contributed by atoms with E-state index in [1.54, 1.807) is 19.2 Å². The van der Waals surface area contributed by atoms with Crippen LogP contribution >= 0.6 is 0 Å². The molecule has 1 amide bonds. The molecule has 0 bridgehead atoms. The third-order valence-corrected chi connectivity index (χ3v) is 2.85. The highest BCUT2D eigenvalue weighted by Gasteiger charge is 2.17. The van der Waals surface area contributed by atoms with E-state index in [1.165, 1.54) is 17.0 Å². The SMILES string of the molecule is CC(C)C(N)CC(=O)N(C)c1ccc(F)cc1. The number of hydrogen-bond donors (Lipinski definition) is 1. The minimum Gasteiger partial charge on any atom is -0.327 e. The van der Waals surface area contributed by atoms with Crippen LogP contribution < -0.4 is 10.6 Å². The zero-order chi connectivity index (χ0) is 13.0. The second kappa shape index (κ2) is 5.77. The zero-order valence-electron chi connectivity index (χ0n) is 10.5. The molecule has 0 aliphatic carbocycles. The molecule has 0 radical (unpaired) electrons. The van der Waals surface area contributed by atoms with E-state index in [2.05, 4.69) is 0 Å². The van der Waals surface area contributed by atoms with Gasteiger partial charge in [0.2, 0.25) is 5.91 Å². The van der Waals surface area contributed by atoms with Crippen molar-refractivity contribution in [1.82, 2.24) is 0 Å². The van der Waals surface area contributed by atoms with Crippen molar-refractivity contribution >= 4 is 11.6 Å². The second-order valence-electron chi connectivity index (χ2n) is 4.54. The van der Waals surface area contributed by atoms with Crippen molar-refractivity contribution in [3.8, 4) is 0 Å². The van der Waals surface area contributed by atoms with Gasteiger partial charge in [-0.3, -0.25) is 4.79 Å². The largest absolute Gasteiger partial charge is 0.327 e. The van der Waals surface area contributed by atoms with Gasteiger partial charge in [0.05, 0.1) is 0 Å². The van der Waals surface area contributed by atoms with Crippen LogP contribution in [0.5, 0.6) is 0 Å². The van der Waals surface area contributed by atoms with Crippen LogP contribution in [0.25, 0.3) is 0 Å². The van der Waals surface area contributed by atoms with Crippen molar-refractivity contribution in [2.24, 2.45) is 11.7 Å². The van der Waals surface area contributed by atoms with Crippen molar-refractivity contribution in [2.45, 2.75) is 26.3 Å². The highest BCUT2D eigenvalue weighted by molar-refractivity contribution is 5.93. The van der Waals surface area contributed by atoms with Crippen molar-refractivity contribution in [2.75, 3.05) is 11.9 Å². The summed E-state index contributed by atoms with van der Waals surface area (Å²) in [5.74, 6) is -0.105. The Bertz CT molecular complexity index is 376. The van der Waals surface area contributed by atoms with Crippen LogP contribution in [0.1, 0.15) is 20.3 Å². The van der Waals surface area contributed by atoms with E-state index < -0.39 is 0 Å². The number of nitrogens with zero attached hydrogens (tertiary/aromatic N) is 1. The maximum Gasteiger partial charge on any atom is 0.228 e. The molecule has 17 heavy (non-hydrogen) atoms. The maximum atomic E-state index is 12.7. The number of benzene rings is 1. The minimum atomic E-state index is -0.312. The van der Waals surface area contributed by atoms with Gasteiger partial charge in [-0.25, -0.2) is 4.39 Å². The molecule has 0 saturated heterocycles. The van der Waals surface area contributed by atoms with Gasteiger partial charge in [0.25, 0.3) is 0 Å². The lowest BCUT2D eigenvalue weighted by Gasteiger charge is -2.21. The van der Waals surface area contributed by atoms with Crippen LogP contribution in [-0.4, -0.2) is 19.0 Å². The molecule has 1 aromatic carbocycles. The molecule has 0 aliphatic rings. The Balaban J connectivity index is 2.66. The van der Waals surface area contributed by atoms with Gasteiger partial charge < -0.3 is 10.6 Å². The molecule has 1 aromatic rings. The molecule has 1 rings (SSSR count). The van der Waals surface area contributed by atoms with Gasteiger partial charge >= 0.3 is 0 Å². The Morgan fingerprint density at radius 2 is 1.88 bits per heavy atom. The highest BCUT2D eigenvalue weighted by Crippen LogP contribution is 2.15. The van der Waals surface area contributed by atoms with Gasteiger partial charge in [0.15, 0.2) is 0 Å². The Morgan fingerprint density at radius 1 is 1.35 bits per heavy atom. The number of amides is 1. The summed E-state index contributed by atoms with van der Waals surface area (Å²) in [5.41, 5.74) is 6.52. The molecule has 1 atom stereocenters. The first-order chi connectivity index (χ1) is 7.91. The number of carbonyl (C=O) groups excluding carboxylic acids is 1. The summed E-state index contributed by atoms with van der Waals surface area (Å²) in [6.45, 7) is 3.96. The molecule has 0 aliphatic heterocycles. The normalized spacial score (nSPS) is 12.6. The Hall–Kier alpha value is -1.42. The zero-order valence-corrected chi connectivity index (χ0v) is 10.5. The third kappa shape index (κ3) is 3.82. The van der Waals surface area contributed by atoms with Gasteiger partial charge in [0, 0.05) is 25.2 Å². The van der Waals surface area contributed by atoms with Crippen molar-refractivity contribution in [3.05, 3.63) is 30.1 Å². The molecule has 0 fully saturated rings. The summed E-state index contributed by atoms with van der Waals surface area (Å²) in [4.78, 5) is 13.4. The summed E-state index contributed by atoms with van der Waals surface area (Å²) >= 11 is 0. The van der Waals surface area contributed by atoms with Gasteiger partial charge in [-0.15, -0.1) is 0 Å². The Morgan fingerprint density at radius 3 is 2.35 bits per heavy atom. The summed E-state index contributed by atoms with van der Waals surface area (Å²) in [7, 11) is 1.67. The molecule has 0 heterocycles. The number of halogens is 1. The van der Waals surface area contributed by atoms with E-state index in [9.17, 15) is 9.18 Å². The smallest absolute Gasteiger partial charge is 0.228 e. The Kier molecular flexibility index (Phi) is 4.63. The van der Waals surface area contributed by atoms with Crippen molar-refractivity contribution < 1.29 is 9.18 Å². The van der Waals surface area contributed by atoms with Gasteiger partial charge in [-0.1, -0.05) is 13.8 Å². The molecule has 3 nitrogen and oxygen atoms in total. The Labute approximate surface area is 101 Å². The number of hydrogen-bond acceptors (Lipinski definition) is 2. The fourth-order valence-electron chi connectivity index (χ4n) is 1.38. The lowest BCUT2D eigenvalue weighted by atomic mass is 10.0. The van der Waals surface area contributed by atoms with Crippen molar-refractivity contribution in [1.29, 1.82) is 0 Å². The van der Waals surface area contributed by atoms with Crippen molar-refractivity contribution in [3.63, 3.8) is 0 Å². The molecule has 4 heteroatoms. The van der Waals surface area contributed by atoms with Crippen LogP contribution in [0.4, 0.5) is 10.1 Å². The molecule has 0 saturated carbocycles. The summed E-state index contributed by atoms with van der Waals surface area (Å²) in [5, 5.41) is 0. The van der Waals surface area contributed by atoms with E-state index in [0.717, 1.165) is 0 Å². The predicted molar refractivity (Wildman–Crippen MR) is 67.2 cm³/mol. The topological polar surface area (TPSA) is 46.3 Å². The number of anilines is 1. The predicted octanol–water partition coefficient (Wildman–Crippen LogP) is 2.16. The molecule has 2 N–H and O–H groups in total. The number of rotatable bonds is 4. The maximum absolute atomic E-state index is 12.7. The van der Waals surface area contributed by atoms with Gasteiger partial charge in [-0.2, -0.15) is 0 Å². The summed E-state index contributed by atoms with van der Waals surface area (Å²) < 4.78 is 12.7. The summed E-state index contributed by atoms with van der Waals surface area (Å²) in [6, 6.07) is 5.68. The third-order valence-electron chi connectivity index (χ3n) is 2.85. The minimum absolute atomic E-state index is 0.0576. The van der Waals surface area contributed by atoms with Crippen LogP contribution in [0, 0.1) is 11.7 Å². The molecular weight excluding hydrogens is 219 g/mol. The number of nitrogens with two attached hydrogens (primary N) is 1. The van der Waals surface area contributed by atoms with E-state index in [0.29, 0.717) is 12.1 Å². The van der Waals surface area contributed by atoms with Gasteiger partial charge in [-0.05, 0) is 30.2 Å². The summed E-state index contributed by atoms with van der Waals surface area (Å²) in [6.07, 6.45) is 0.297. The monoisotopic (exact) mass is 238 g/mol. The van der Waals surface area contributed by atoms with Crippen LogP contribution in [0.15, 0.2) is 24.3 Å². The second-order valence-corrected chi connectivity index (χ2v) is 4.54. The fraction of sp³-hybridized carbons (Fsp3) is 0.462. The first kappa shape index (κ1) is 13.6. The average Bonchev–Trinajstić information content (AvgIpc) is 2.28. The molecule has 0 spiro atoms. The average molecular weight is 238 g/mol. The molecule has 1 unspecified atom stereocenters. The molecule has 94 valence electrons. The van der Waals surface area contributed by atoms with E-state index in [1.807, 2.05) is 13.8 Å². The van der Waals surface area contributed by atoms with Crippen LogP contribution in [-0.2, 0) is 4.79 Å².